The molecule has 0 radical (unpaired) electrons. The first-order chi connectivity index (χ1) is 17.6. The van der Waals surface area contributed by atoms with Gasteiger partial charge in [0, 0.05) is 31.4 Å². The van der Waals surface area contributed by atoms with Crippen molar-refractivity contribution >= 4 is 0 Å². The van der Waals surface area contributed by atoms with Gasteiger partial charge in [-0.3, -0.25) is 9.88 Å². The molecule has 0 unspecified atom stereocenters. The van der Waals surface area contributed by atoms with Crippen LogP contribution in [0.1, 0.15) is 36.6 Å². The fourth-order valence-electron chi connectivity index (χ4n) is 3.84. The molecule has 2 aromatic heterocycles. The van der Waals surface area contributed by atoms with Crippen LogP contribution in [-0.4, -0.2) is 62.3 Å². The highest BCUT2D eigenvalue weighted by atomic mass is 19.1. The van der Waals surface area contributed by atoms with Gasteiger partial charge in [-0.15, -0.1) is 0 Å². The molecule has 0 bridgehead atoms. The van der Waals surface area contributed by atoms with Crippen LogP contribution in [0.3, 0.4) is 0 Å². The van der Waals surface area contributed by atoms with Crippen LogP contribution in [0.25, 0.3) is 11.4 Å². The second kappa shape index (κ2) is 13.0. The summed E-state index contributed by atoms with van der Waals surface area (Å²) in [4.78, 5) is 20.0. The van der Waals surface area contributed by atoms with Gasteiger partial charge < -0.3 is 14.0 Å². The summed E-state index contributed by atoms with van der Waals surface area (Å²) in [6.07, 6.45) is 7.97. The van der Waals surface area contributed by atoms with E-state index in [2.05, 4.69) is 56.0 Å². The molecule has 36 heavy (non-hydrogen) atoms. The third kappa shape index (κ3) is 7.53. The number of rotatable bonds is 9. The standard InChI is InChI=1S/C27H33FN6O2/c1-3-4-11-36-27-31-20-34(26(30-15-21(2)32-27)24-14-25(28)17-29-16-24)19-23-7-5-22(6-8-23)18-33-9-12-35-13-10-33/h5-8,14-17,20H,3-4,9-13,18-19H2,1-2H3. The van der Waals surface area contributed by atoms with Crippen LogP contribution < -0.4 is 4.74 Å². The number of aromatic nitrogens is 5. The summed E-state index contributed by atoms with van der Waals surface area (Å²) in [5.74, 6) is 0.0902. The number of hydrogen-bond donors (Lipinski definition) is 0. The van der Waals surface area contributed by atoms with E-state index in [1.807, 2.05) is 11.5 Å². The van der Waals surface area contributed by atoms with Crippen molar-refractivity contribution in [3.05, 3.63) is 77.9 Å². The van der Waals surface area contributed by atoms with Gasteiger partial charge >= 0.3 is 6.01 Å². The van der Waals surface area contributed by atoms with Crippen LogP contribution in [0.4, 0.5) is 4.39 Å². The molecule has 1 fully saturated rings. The lowest BCUT2D eigenvalue weighted by atomic mass is 10.1. The van der Waals surface area contributed by atoms with Gasteiger partial charge in [-0.1, -0.05) is 37.6 Å². The van der Waals surface area contributed by atoms with Crippen LogP contribution in [0, 0.1) is 12.7 Å². The second-order valence-electron chi connectivity index (χ2n) is 8.79. The number of benzene rings is 1. The largest absolute Gasteiger partial charge is 0.463 e. The quantitative estimate of drug-likeness (QED) is 0.411. The van der Waals surface area contributed by atoms with E-state index in [4.69, 9.17) is 9.47 Å². The minimum Gasteiger partial charge on any atom is -0.463 e. The molecule has 1 aliphatic rings. The number of morpholine rings is 1. The van der Waals surface area contributed by atoms with E-state index in [0.29, 0.717) is 30.2 Å². The summed E-state index contributed by atoms with van der Waals surface area (Å²) in [6.45, 7) is 9.30. The molecule has 1 aliphatic heterocycles. The molecule has 1 aromatic carbocycles. The first-order valence-corrected chi connectivity index (χ1v) is 12.4. The predicted molar refractivity (Wildman–Crippen MR) is 135 cm³/mol. The summed E-state index contributed by atoms with van der Waals surface area (Å²) in [7, 11) is 0. The lowest BCUT2D eigenvalue weighted by Gasteiger charge is -2.26. The Kier molecular flexibility index (Phi) is 9.29. The highest BCUT2D eigenvalue weighted by molar-refractivity contribution is 5.53. The maximum atomic E-state index is 14.0. The van der Waals surface area contributed by atoms with Crippen molar-refractivity contribution in [3.63, 3.8) is 0 Å². The maximum Gasteiger partial charge on any atom is 0.318 e. The summed E-state index contributed by atoms with van der Waals surface area (Å²) in [5.41, 5.74) is 3.49. The fourth-order valence-corrected chi connectivity index (χ4v) is 3.84. The van der Waals surface area contributed by atoms with E-state index >= 15 is 0 Å². The molecule has 9 heteroatoms. The number of unbranched alkanes of at least 4 members (excludes halogenated alkanes) is 1. The molecule has 8 nitrogen and oxygen atoms in total. The number of hydrogen-bond acceptors (Lipinski definition) is 7. The Balaban J connectivity index is 1.66. The number of nitrogens with zero attached hydrogens (tertiary/aromatic N) is 6. The molecule has 1 saturated heterocycles. The Labute approximate surface area is 211 Å². The summed E-state index contributed by atoms with van der Waals surface area (Å²) in [5, 5.41) is 0. The van der Waals surface area contributed by atoms with Crippen LogP contribution >= 0.6 is 0 Å². The number of aryl methyl sites for hydroxylation is 1. The van der Waals surface area contributed by atoms with Gasteiger partial charge in [0.05, 0.1) is 44.5 Å². The minimum atomic E-state index is -0.431. The van der Waals surface area contributed by atoms with E-state index < -0.39 is 5.82 Å². The number of ether oxygens (including phenoxy) is 2. The average molecular weight is 493 g/mol. The molecule has 3 heterocycles. The molecule has 0 atom stereocenters. The second-order valence-corrected chi connectivity index (χ2v) is 8.79. The zero-order chi connectivity index (χ0) is 25.2. The van der Waals surface area contributed by atoms with Gasteiger partial charge in [0.2, 0.25) is 0 Å². The molecule has 0 aliphatic carbocycles. The summed E-state index contributed by atoms with van der Waals surface area (Å²) in [6, 6.07) is 10.2. The highest BCUT2D eigenvalue weighted by Crippen LogP contribution is 2.18. The van der Waals surface area contributed by atoms with E-state index in [9.17, 15) is 4.39 Å². The summed E-state index contributed by atoms with van der Waals surface area (Å²) < 4.78 is 27.1. The van der Waals surface area contributed by atoms with Crippen molar-refractivity contribution < 1.29 is 13.9 Å². The van der Waals surface area contributed by atoms with Crippen LogP contribution in [0.5, 0.6) is 6.01 Å². The normalized spacial score (nSPS) is 13.9. The smallest absolute Gasteiger partial charge is 0.318 e. The zero-order valence-electron chi connectivity index (χ0n) is 20.9. The molecular weight excluding hydrogens is 459 g/mol. The van der Waals surface area contributed by atoms with Gasteiger partial charge in [0.25, 0.3) is 0 Å². The SMILES string of the molecule is CCCCOc1ncn(Cc2ccc(CN3CCOCC3)cc2)c(-c2cncc(F)c2)ncc(C)n1. The average Bonchev–Trinajstić information content (AvgIpc) is 2.95. The molecular formula is C27H33FN6O2. The van der Waals surface area contributed by atoms with Crippen LogP contribution in [-0.2, 0) is 17.8 Å². The van der Waals surface area contributed by atoms with Crippen LogP contribution in [0.2, 0.25) is 0 Å². The highest BCUT2D eigenvalue weighted by Gasteiger charge is 2.11. The Hall–Kier alpha value is -3.43. The van der Waals surface area contributed by atoms with Gasteiger partial charge in [0.1, 0.15) is 18.0 Å². The lowest BCUT2D eigenvalue weighted by molar-refractivity contribution is 0.0342. The molecule has 4 rings (SSSR count). The van der Waals surface area contributed by atoms with E-state index in [1.165, 1.54) is 17.8 Å². The minimum absolute atomic E-state index is 0.275. The molecule has 3 aromatic rings. The van der Waals surface area contributed by atoms with Crippen molar-refractivity contribution in [2.24, 2.45) is 0 Å². The van der Waals surface area contributed by atoms with Crippen molar-refractivity contribution in [3.8, 4) is 17.4 Å². The van der Waals surface area contributed by atoms with Gasteiger partial charge in [-0.2, -0.15) is 9.97 Å². The van der Waals surface area contributed by atoms with E-state index in [0.717, 1.165) is 51.3 Å². The Morgan fingerprint density at radius 2 is 1.75 bits per heavy atom. The van der Waals surface area contributed by atoms with Crippen molar-refractivity contribution in [2.45, 2.75) is 39.8 Å². The Morgan fingerprint density at radius 1 is 1.00 bits per heavy atom. The van der Waals surface area contributed by atoms with E-state index in [1.54, 1.807) is 18.7 Å². The Bertz CT molecular complexity index is 1180. The van der Waals surface area contributed by atoms with Crippen molar-refractivity contribution in [1.29, 1.82) is 0 Å². The predicted octanol–water partition coefficient (Wildman–Crippen LogP) is 4.37. The molecule has 0 saturated carbocycles. The monoisotopic (exact) mass is 492 g/mol. The van der Waals surface area contributed by atoms with Gasteiger partial charge in [-0.05, 0) is 30.5 Å². The number of pyridine rings is 1. The van der Waals surface area contributed by atoms with E-state index in [-0.39, 0.29) is 6.01 Å². The lowest BCUT2D eigenvalue weighted by Crippen LogP contribution is -2.35. The van der Waals surface area contributed by atoms with Gasteiger partial charge in [-0.25, -0.2) is 9.37 Å². The molecule has 0 N–H and O–H groups in total. The van der Waals surface area contributed by atoms with Crippen molar-refractivity contribution in [1.82, 2.24) is 29.4 Å². The summed E-state index contributed by atoms with van der Waals surface area (Å²) >= 11 is 0. The first kappa shape index (κ1) is 25.7. The third-order valence-corrected chi connectivity index (χ3v) is 5.80. The topological polar surface area (TPSA) is 78.2 Å². The molecule has 190 valence electrons. The first-order valence-electron chi connectivity index (χ1n) is 12.4. The molecule has 0 spiro atoms. The van der Waals surface area contributed by atoms with Crippen LogP contribution in [0.15, 0.2) is 55.2 Å². The maximum absolute atomic E-state index is 14.0. The molecule has 0 amide bonds. The third-order valence-electron chi connectivity index (χ3n) is 5.80. The number of halogens is 1. The van der Waals surface area contributed by atoms with Gasteiger partial charge in [0.15, 0.2) is 0 Å². The fraction of sp³-hybridized carbons (Fsp3) is 0.407. The zero-order valence-corrected chi connectivity index (χ0v) is 20.9. The van der Waals surface area contributed by atoms with Crippen molar-refractivity contribution in [2.75, 3.05) is 32.9 Å². The Morgan fingerprint density at radius 3 is 2.47 bits per heavy atom.